The van der Waals surface area contributed by atoms with E-state index in [4.69, 9.17) is 11.6 Å². The van der Waals surface area contributed by atoms with Gasteiger partial charge in [-0.2, -0.15) is 0 Å². The predicted molar refractivity (Wildman–Crippen MR) is 85.7 cm³/mol. The highest BCUT2D eigenvalue weighted by atomic mass is 35.5. The van der Waals surface area contributed by atoms with Gasteiger partial charge in [-0.15, -0.1) is 0 Å². The third-order valence-corrected chi connectivity index (χ3v) is 4.21. The van der Waals surface area contributed by atoms with Crippen LogP contribution in [0.1, 0.15) is 22.7 Å². The van der Waals surface area contributed by atoms with Crippen LogP contribution in [-0.2, 0) is 13.0 Å². The van der Waals surface area contributed by atoms with Gasteiger partial charge >= 0.3 is 0 Å². The van der Waals surface area contributed by atoms with Gasteiger partial charge in [0.05, 0.1) is 5.02 Å². The first kappa shape index (κ1) is 14.4. The number of benzene rings is 2. The molecule has 0 bridgehead atoms. The van der Waals surface area contributed by atoms with Crippen molar-refractivity contribution < 1.29 is 5.11 Å². The molecule has 0 fully saturated rings. The highest BCUT2D eigenvalue weighted by molar-refractivity contribution is 6.32. The van der Waals surface area contributed by atoms with Crippen molar-refractivity contribution in [3.05, 3.63) is 64.2 Å². The van der Waals surface area contributed by atoms with Crippen LogP contribution in [0.5, 0.6) is 5.75 Å². The van der Waals surface area contributed by atoms with Gasteiger partial charge < -0.3 is 15.7 Å². The summed E-state index contributed by atoms with van der Waals surface area (Å²) in [6.45, 7) is 2.63. The third kappa shape index (κ3) is 3.38. The van der Waals surface area contributed by atoms with Crippen molar-refractivity contribution in [3.63, 3.8) is 0 Å². The van der Waals surface area contributed by atoms with Crippen molar-refractivity contribution >= 4 is 11.6 Å². The van der Waals surface area contributed by atoms with Crippen LogP contribution in [0.15, 0.2) is 42.5 Å². The molecule has 1 aliphatic rings. The molecule has 3 rings (SSSR count). The Kier molecular flexibility index (Phi) is 4.44. The quantitative estimate of drug-likeness (QED) is 0.813. The number of phenolic OH excluding ortho intramolecular Hbond substituents is 1. The fraction of sp³-hybridized carbons (Fsp3) is 0.294. The molecule has 2 aromatic rings. The topological polar surface area (TPSA) is 44.3 Å². The van der Waals surface area contributed by atoms with E-state index in [9.17, 15) is 5.11 Å². The average molecular weight is 303 g/mol. The molecule has 1 heterocycles. The largest absolute Gasteiger partial charge is 0.506 e. The average Bonchev–Trinajstić information content (AvgIpc) is 2.51. The van der Waals surface area contributed by atoms with Crippen LogP contribution >= 0.6 is 11.6 Å². The highest BCUT2D eigenvalue weighted by Gasteiger charge is 2.18. The lowest BCUT2D eigenvalue weighted by molar-refractivity contribution is 0.466. The van der Waals surface area contributed by atoms with E-state index in [-0.39, 0.29) is 5.75 Å². The Morgan fingerprint density at radius 2 is 2.10 bits per heavy atom. The molecular formula is C17H19ClN2O. The molecule has 0 saturated carbocycles. The summed E-state index contributed by atoms with van der Waals surface area (Å²) in [5.41, 5.74) is 3.90. The van der Waals surface area contributed by atoms with Crippen molar-refractivity contribution in [2.75, 3.05) is 13.1 Å². The molecule has 21 heavy (non-hydrogen) atoms. The summed E-state index contributed by atoms with van der Waals surface area (Å²) in [5.74, 6) is 0.128. The summed E-state index contributed by atoms with van der Waals surface area (Å²) in [5, 5.41) is 16.8. The summed E-state index contributed by atoms with van der Waals surface area (Å²) in [4.78, 5) is 0. The van der Waals surface area contributed by atoms with Crippen LogP contribution in [-0.4, -0.2) is 18.2 Å². The molecule has 0 spiro atoms. The Labute approximate surface area is 130 Å². The second-order valence-electron chi connectivity index (χ2n) is 5.37. The lowest BCUT2D eigenvalue weighted by Gasteiger charge is -2.27. The molecule has 0 amide bonds. The van der Waals surface area contributed by atoms with Crippen molar-refractivity contribution in [1.29, 1.82) is 0 Å². The molecule has 2 aromatic carbocycles. The number of nitrogens with one attached hydrogen (secondary N) is 2. The van der Waals surface area contributed by atoms with E-state index in [2.05, 4.69) is 34.9 Å². The van der Waals surface area contributed by atoms with Crippen LogP contribution in [0.4, 0.5) is 0 Å². The van der Waals surface area contributed by atoms with E-state index in [1.54, 1.807) is 12.1 Å². The zero-order chi connectivity index (χ0) is 14.7. The van der Waals surface area contributed by atoms with E-state index in [1.807, 2.05) is 6.07 Å². The van der Waals surface area contributed by atoms with Crippen LogP contribution in [0.25, 0.3) is 0 Å². The number of phenols is 1. The maximum atomic E-state index is 9.42. The Balaban J connectivity index is 1.60. The normalized spacial score (nSPS) is 17.5. The number of aromatic hydroxyl groups is 1. The molecule has 110 valence electrons. The van der Waals surface area contributed by atoms with Crippen molar-refractivity contribution in [3.8, 4) is 5.75 Å². The molecule has 0 aliphatic carbocycles. The molecule has 0 aromatic heterocycles. The number of hydrogen-bond donors (Lipinski definition) is 3. The molecule has 3 nitrogen and oxygen atoms in total. The van der Waals surface area contributed by atoms with Crippen molar-refractivity contribution in [2.45, 2.75) is 19.0 Å². The number of rotatable bonds is 4. The number of fused-ring (bicyclic) bond motifs is 1. The Morgan fingerprint density at radius 3 is 2.95 bits per heavy atom. The van der Waals surface area contributed by atoms with Gasteiger partial charge in [-0.25, -0.2) is 0 Å². The number of hydrogen-bond acceptors (Lipinski definition) is 3. The van der Waals surface area contributed by atoms with E-state index >= 15 is 0 Å². The SMILES string of the molecule is Oc1ccc(CNCC2NCCc3ccccc32)cc1Cl. The maximum Gasteiger partial charge on any atom is 0.134 e. The summed E-state index contributed by atoms with van der Waals surface area (Å²) in [7, 11) is 0. The Morgan fingerprint density at radius 1 is 1.24 bits per heavy atom. The first-order valence-electron chi connectivity index (χ1n) is 7.23. The first-order valence-corrected chi connectivity index (χ1v) is 7.61. The fourth-order valence-electron chi connectivity index (χ4n) is 2.80. The fourth-order valence-corrected chi connectivity index (χ4v) is 3.00. The lowest BCUT2D eigenvalue weighted by atomic mass is 9.94. The van der Waals surface area contributed by atoms with Crippen LogP contribution in [0.2, 0.25) is 5.02 Å². The zero-order valence-corrected chi connectivity index (χ0v) is 12.5. The second kappa shape index (κ2) is 6.48. The highest BCUT2D eigenvalue weighted by Crippen LogP contribution is 2.24. The Bertz CT molecular complexity index is 630. The van der Waals surface area contributed by atoms with E-state index in [0.29, 0.717) is 11.1 Å². The van der Waals surface area contributed by atoms with Gasteiger partial charge in [0.15, 0.2) is 0 Å². The second-order valence-corrected chi connectivity index (χ2v) is 5.78. The van der Waals surface area contributed by atoms with E-state index in [1.165, 1.54) is 11.1 Å². The van der Waals surface area contributed by atoms with Gasteiger partial charge in [-0.1, -0.05) is 41.9 Å². The monoisotopic (exact) mass is 302 g/mol. The molecule has 0 saturated heterocycles. The molecular weight excluding hydrogens is 284 g/mol. The van der Waals surface area contributed by atoms with Crippen LogP contribution in [0.3, 0.4) is 0 Å². The molecule has 0 radical (unpaired) electrons. The molecule has 1 atom stereocenters. The van der Waals surface area contributed by atoms with Crippen LogP contribution in [0, 0.1) is 0 Å². The number of halogens is 1. The first-order chi connectivity index (χ1) is 10.2. The molecule has 3 N–H and O–H groups in total. The van der Waals surface area contributed by atoms with Crippen LogP contribution < -0.4 is 10.6 Å². The van der Waals surface area contributed by atoms with Gasteiger partial charge in [0.25, 0.3) is 0 Å². The molecule has 1 unspecified atom stereocenters. The summed E-state index contributed by atoms with van der Waals surface area (Å²) in [6, 6.07) is 14.3. The van der Waals surface area contributed by atoms with Gasteiger partial charge in [0, 0.05) is 19.1 Å². The minimum absolute atomic E-state index is 0.128. The van der Waals surface area contributed by atoms with Crippen molar-refractivity contribution in [2.24, 2.45) is 0 Å². The standard InChI is InChI=1S/C17H19ClN2O/c18-15-9-12(5-6-17(15)21)10-19-11-16-14-4-2-1-3-13(14)7-8-20-16/h1-6,9,16,19-21H,7-8,10-11H2. The van der Waals surface area contributed by atoms with Gasteiger partial charge in [0.2, 0.25) is 0 Å². The Hall–Kier alpha value is -1.55. The lowest BCUT2D eigenvalue weighted by Crippen LogP contribution is -2.36. The molecule has 4 heteroatoms. The van der Waals surface area contributed by atoms with Crippen molar-refractivity contribution in [1.82, 2.24) is 10.6 Å². The summed E-state index contributed by atoms with van der Waals surface area (Å²) >= 11 is 5.92. The minimum Gasteiger partial charge on any atom is -0.506 e. The van der Waals surface area contributed by atoms with Gasteiger partial charge in [-0.05, 0) is 41.8 Å². The predicted octanol–water partition coefficient (Wildman–Crippen LogP) is 3.02. The molecule has 1 aliphatic heterocycles. The van der Waals surface area contributed by atoms with E-state index in [0.717, 1.165) is 31.6 Å². The smallest absolute Gasteiger partial charge is 0.134 e. The summed E-state index contributed by atoms with van der Waals surface area (Å²) < 4.78 is 0. The van der Waals surface area contributed by atoms with E-state index < -0.39 is 0 Å². The minimum atomic E-state index is 0.128. The van der Waals surface area contributed by atoms with Gasteiger partial charge in [0.1, 0.15) is 5.75 Å². The maximum absolute atomic E-state index is 9.42. The third-order valence-electron chi connectivity index (χ3n) is 3.91. The summed E-state index contributed by atoms with van der Waals surface area (Å²) in [6.07, 6.45) is 1.10. The van der Waals surface area contributed by atoms with Gasteiger partial charge in [-0.3, -0.25) is 0 Å². The zero-order valence-electron chi connectivity index (χ0n) is 11.8.